The Labute approximate surface area is 173 Å². The number of anilines is 1. The molecular weight excluding hydrogens is 384 g/mol. The normalized spacial score (nSPS) is 16.1. The number of aryl methyl sites for hydroxylation is 1. The van der Waals surface area contributed by atoms with E-state index in [4.69, 9.17) is 4.74 Å². The van der Waals surface area contributed by atoms with Gasteiger partial charge in [-0.05, 0) is 24.3 Å². The Balaban J connectivity index is 1.44. The summed E-state index contributed by atoms with van der Waals surface area (Å²) < 4.78 is 7.24. The van der Waals surface area contributed by atoms with Gasteiger partial charge in [-0.3, -0.25) is 14.5 Å². The highest BCUT2D eigenvalue weighted by Gasteiger charge is 2.39. The number of hydrogen-bond acceptors (Lipinski definition) is 4. The van der Waals surface area contributed by atoms with Gasteiger partial charge in [0.05, 0.1) is 25.8 Å². The van der Waals surface area contributed by atoms with Crippen LogP contribution in [0, 0.1) is 0 Å². The van der Waals surface area contributed by atoms with Crippen molar-refractivity contribution in [1.82, 2.24) is 14.8 Å². The summed E-state index contributed by atoms with van der Waals surface area (Å²) in [6.07, 6.45) is 1.77. The first-order valence-corrected chi connectivity index (χ1v) is 9.55. The molecule has 2 N–H and O–H groups in total. The highest BCUT2D eigenvalue weighted by Crippen LogP contribution is 2.25. The van der Waals surface area contributed by atoms with Crippen LogP contribution in [0.2, 0.25) is 0 Å². The Morgan fingerprint density at radius 1 is 1.13 bits per heavy atom. The lowest BCUT2D eigenvalue weighted by atomic mass is 10.1. The molecule has 154 valence electrons. The van der Waals surface area contributed by atoms with E-state index < -0.39 is 18.0 Å². The van der Waals surface area contributed by atoms with Crippen molar-refractivity contribution in [3.63, 3.8) is 0 Å². The van der Waals surface area contributed by atoms with Crippen molar-refractivity contribution < 1.29 is 19.1 Å². The fraction of sp³-hybridized carbons (Fsp3) is 0.227. The fourth-order valence-electron chi connectivity index (χ4n) is 3.67. The summed E-state index contributed by atoms with van der Waals surface area (Å²) in [5.41, 5.74) is 2.37. The number of rotatable bonds is 6. The number of urea groups is 1. The number of benzene rings is 2. The lowest BCUT2D eigenvalue weighted by Crippen LogP contribution is -2.34. The van der Waals surface area contributed by atoms with Gasteiger partial charge in [-0.2, -0.15) is 0 Å². The third-order valence-electron chi connectivity index (χ3n) is 5.22. The standard InChI is InChI=1S/C22H22N4O4/c1-25-11-10-15-16(7-5-8-18(15)25)23-20(27)12-17-21(28)26(22(29)24-17)13-14-6-3-4-9-19(14)30-2/h3-11,17H,12-13H2,1-2H3,(H,23,27)(H,24,29)/t17-/m0/s1. The highest BCUT2D eigenvalue weighted by atomic mass is 16.5. The molecule has 0 aliphatic carbocycles. The lowest BCUT2D eigenvalue weighted by molar-refractivity contribution is -0.130. The second kappa shape index (κ2) is 7.90. The molecule has 30 heavy (non-hydrogen) atoms. The van der Waals surface area contributed by atoms with Gasteiger partial charge in [-0.25, -0.2) is 4.79 Å². The minimum atomic E-state index is -0.901. The molecule has 1 atom stereocenters. The van der Waals surface area contributed by atoms with Crippen LogP contribution in [0.3, 0.4) is 0 Å². The SMILES string of the molecule is COc1ccccc1CN1C(=O)N[C@@H](CC(=O)Nc2cccc3c2ccn3C)C1=O. The van der Waals surface area contributed by atoms with Gasteiger partial charge >= 0.3 is 6.03 Å². The largest absolute Gasteiger partial charge is 0.496 e. The summed E-state index contributed by atoms with van der Waals surface area (Å²) in [7, 11) is 3.46. The molecule has 2 heterocycles. The van der Waals surface area contributed by atoms with Crippen LogP contribution in [-0.4, -0.2) is 40.5 Å². The Bertz CT molecular complexity index is 1140. The van der Waals surface area contributed by atoms with E-state index in [9.17, 15) is 14.4 Å². The summed E-state index contributed by atoms with van der Waals surface area (Å²) >= 11 is 0. The molecule has 1 aromatic heterocycles. The van der Waals surface area contributed by atoms with Gasteiger partial charge in [0.1, 0.15) is 11.8 Å². The molecule has 8 heteroatoms. The topological polar surface area (TPSA) is 92.7 Å². The van der Waals surface area contributed by atoms with E-state index >= 15 is 0 Å². The van der Waals surface area contributed by atoms with E-state index in [2.05, 4.69) is 10.6 Å². The van der Waals surface area contributed by atoms with E-state index in [-0.39, 0.29) is 18.9 Å². The molecule has 0 radical (unpaired) electrons. The number of methoxy groups -OCH3 is 1. The summed E-state index contributed by atoms with van der Waals surface area (Å²) in [6.45, 7) is 0.0795. The number of nitrogens with one attached hydrogen (secondary N) is 2. The molecule has 1 saturated heterocycles. The molecule has 0 unspecified atom stereocenters. The van der Waals surface area contributed by atoms with E-state index in [1.807, 2.05) is 54.2 Å². The molecule has 0 bridgehead atoms. The van der Waals surface area contributed by atoms with E-state index in [1.165, 1.54) is 7.11 Å². The molecule has 0 saturated carbocycles. The number of amides is 4. The second-order valence-corrected chi connectivity index (χ2v) is 7.16. The number of ether oxygens (including phenoxy) is 1. The Morgan fingerprint density at radius 2 is 1.93 bits per heavy atom. The molecule has 8 nitrogen and oxygen atoms in total. The first kappa shape index (κ1) is 19.5. The van der Waals surface area contributed by atoms with Crippen molar-refractivity contribution in [3.8, 4) is 5.75 Å². The lowest BCUT2D eigenvalue weighted by Gasteiger charge is -2.15. The van der Waals surface area contributed by atoms with Crippen molar-refractivity contribution in [2.24, 2.45) is 7.05 Å². The summed E-state index contributed by atoms with van der Waals surface area (Å²) in [6, 6.07) is 13.3. The van der Waals surface area contributed by atoms with E-state index in [0.717, 1.165) is 15.8 Å². The maximum atomic E-state index is 12.7. The number of fused-ring (bicyclic) bond motifs is 1. The molecule has 4 amide bonds. The van der Waals surface area contributed by atoms with Crippen molar-refractivity contribution >= 4 is 34.4 Å². The molecule has 1 aliphatic rings. The predicted molar refractivity (Wildman–Crippen MR) is 112 cm³/mol. The number of carbonyl (C=O) groups excluding carboxylic acids is 3. The molecular formula is C22H22N4O4. The maximum absolute atomic E-state index is 12.7. The third-order valence-corrected chi connectivity index (χ3v) is 5.22. The van der Waals surface area contributed by atoms with Crippen molar-refractivity contribution in [2.75, 3.05) is 12.4 Å². The summed E-state index contributed by atoms with van der Waals surface area (Å²) in [5.74, 6) is -0.182. The van der Waals surface area contributed by atoms with Crippen LogP contribution in [0.15, 0.2) is 54.7 Å². The minimum absolute atomic E-state index is 0.0795. The molecule has 2 aromatic carbocycles. The van der Waals surface area contributed by atoms with Gasteiger partial charge in [0.15, 0.2) is 0 Å². The Hall–Kier alpha value is -3.81. The van der Waals surface area contributed by atoms with Crippen LogP contribution in [0.25, 0.3) is 10.9 Å². The highest BCUT2D eigenvalue weighted by molar-refractivity contribution is 6.08. The van der Waals surface area contributed by atoms with Crippen molar-refractivity contribution in [3.05, 3.63) is 60.3 Å². The third kappa shape index (κ3) is 3.59. The van der Waals surface area contributed by atoms with Crippen LogP contribution in [0.1, 0.15) is 12.0 Å². The first-order chi connectivity index (χ1) is 14.5. The molecule has 1 aliphatic heterocycles. The summed E-state index contributed by atoms with van der Waals surface area (Å²) in [5, 5.41) is 6.36. The van der Waals surface area contributed by atoms with E-state index in [1.54, 1.807) is 12.1 Å². The van der Waals surface area contributed by atoms with Crippen LogP contribution in [0.4, 0.5) is 10.5 Å². The van der Waals surface area contributed by atoms with Gasteiger partial charge in [-0.15, -0.1) is 0 Å². The average molecular weight is 406 g/mol. The zero-order chi connectivity index (χ0) is 21.3. The molecule has 1 fully saturated rings. The summed E-state index contributed by atoms with van der Waals surface area (Å²) in [4.78, 5) is 38.8. The van der Waals surface area contributed by atoms with Crippen LogP contribution in [0.5, 0.6) is 5.75 Å². The number of imide groups is 1. The van der Waals surface area contributed by atoms with E-state index in [0.29, 0.717) is 17.0 Å². The Morgan fingerprint density at radius 3 is 2.73 bits per heavy atom. The van der Waals surface area contributed by atoms with Crippen LogP contribution >= 0.6 is 0 Å². The van der Waals surface area contributed by atoms with Gasteiger partial charge in [0.2, 0.25) is 5.91 Å². The fourth-order valence-corrected chi connectivity index (χ4v) is 3.67. The molecule has 0 spiro atoms. The van der Waals surface area contributed by atoms with Gasteiger partial charge in [-0.1, -0.05) is 24.3 Å². The second-order valence-electron chi connectivity index (χ2n) is 7.16. The first-order valence-electron chi connectivity index (χ1n) is 9.55. The zero-order valence-electron chi connectivity index (χ0n) is 16.7. The van der Waals surface area contributed by atoms with Gasteiger partial charge in [0, 0.05) is 29.7 Å². The number of aromatic nitrogens is 1. The maximum Gasteiger partial charge on any atom is 0.325 e. The quantitative estimate of drug-likeness (QED) is 0.616. The average Bonchev–Trinajstić information content (AvgIpc) is 3.24. The van der Waals surface area contributed by atoms with Crippen LogP contribution in [-0.2, 0) is 23.2 Å². The van der Waals surface area contributed by atoms with Crippen LogP contribution < -0.4 is 15.4 Å². The smallest absolute Gasteiger partial charge is 0.325 e. The monoisotopic (exact) mass is 406 g/mol. The Kier molecular flexibility index (Phi) is 5.14. The number of hydrogen-bond donors (Lipinski definition) is 2. The number of para-hydroxylation sites is 1. The number of nitrogens with zero attached hydrogens (tertiary/aromatic N) is 2. The van der Waals surface area contributed by atoms with Crippen molar-refractivity contribution in [2.45, 2.75) is 19.0 Å². The van der Waals surface area contributed by atoms with Gasteiger partial charge < -0.3 is 19.9 Å². The molecule has 3 aromatic rings. The zero-order valence-corrected chi connectivity index (χ0v) is 16.7. The number of carbonyl (C=O) groups is 3. The molecule has 4 rings (SSSR count). The predicted octanol–water partition coefficient (Wildman–Crippen LogP) is 2.64. The van der Waals surface area contributed by atoms with Crippen molar-refractivity contribution in [1.29, 1.82) is 0 Å². The minimum Gasteiger partial charge on any atom is -0.496 e. The van der Waals surface area contributed by atoms with Gasteiger partial charge in [0.25, 0.3) is 5.91 Å².